The fraction of sp³-hybridized carbons (Fsp3) is 0.200. The van der Waals surface area contributed by atoms with Crippen molar-refractivity contribution < 1.29 is 13.9 Å². The zero-order chi connectivity index (χ0) is 14.7. The van der Waals surface area contributed by atoms with Gasteiger partial charge in [-0.05, 0) is 38.1 Å². The molecule has 1 heterocycles. The summed E-state index contributed by atoms with van der Waals surface area (Å²) in [5, 5.41) is 2.66. The third kappa shape index (κ3) is 2.88. The van der Waals surface area contributed by atoms with Gasteiger partial charge in [0.15, 0.2) is 5.43 Å². The number of aryl methyl sites for hydroxylation is 2. The van der Waals surface area contributed by atoms with Crippen LogP contribution in [0.4, 0.5) is 5.69 Å². The first-order valence-corrected chi connectivity index (χ1v) is 6.08. The van der Waals surface area contributed by atoms with Gasteiger partial charge in [0.25, 0.3) is 5.91 Å². The molecular weight excluding hydrogens is 258 g/mol. The van der Waals surface area contributed by atoms with Crippen molar-refractivity contribution in [3.8, 4) is 5.75 Å². The monoisotopic (exact) mass is 273 g/mol. The fourth-order valence-electron chi connectivity index (χ4n) is 1.89. The van der Waals surface area contributed by atoms with Crippen LogP contribution in [0.1, 0.15) is 21.9 Å². The normalized spacial score (nSPS) is 10.2. The number of amides is 1. The summed E-state index contributed by atoms with van der Waals surface area (Å²) in [6.07, 6.45) is 0. The molecule has 1 aromatic heterocycles. The highest BCUT2D eigenvalue weighted by Gasteiger charge is 2.16. The Morgan fingerprint density at radius 3 is 2.40 bits per heavy atom. The zero-order valence-electron chi connectivity index (χ0n) is 11.5. The molecule has 1 aromatic carbocycles. The van der Waals surface area contributed by atoms with E-state index in [1.807, 2.05) is 0 Å². The average molecular weight is 273 g/mol. The average Bonchev–Trinajstić information content (AvgIpc) is 2.38. The Morgan fingerprint density at radius 2 is 1.85 bits per heavy atom. The van der Waals surface area contributed by atoms with Crippen molar-refractivity contribution >= 4 is 11.6 Å². The van der Waals surface area contributed by atoms with Crippen molar-refractivity contribution in [2.45, 2.75) is 13.8 Å². The second-order valence-electron chi connectivity index (χ2n) is 4.34. The van der Waals surface area contributed by atoms with Gasteiger partial charge in [-0.15, -0.1) is 0 Å². The SMILES string of the molecule is COc1ccc(NC(=O)c2c(C)oc(C)cc2=O)cc1. The van der Waals surface area contributed by atoms with Crippen molar-refractivity contribution in [1.82, 2.24) is 0 Å². The van der Waals surface area contributed by atoms with Crippen LogP contribution in [0.25, 0.3) is 0 Å². The Hall–Kier alpha value is -2.56. The molecule has 0 aliphatic carbocycles. The molecule has 2 rings (SSSR count). The largest absolute Gasteiger partial charge is 0.497 e. The molecule has 5 nitrogen and oxygen atoms in total. The summed E-state index contributed by atoms with van der Waals surface area (Å²) < 4.78 is 10.3. The lowest BCUT2D eigenvalue weighted by Crippen LogP contribution is -2.22. The third-order valence-corrected chi connectivity index (χ3v) is 2.82. The molecule has 0 unspecified atom stereocenters. The van der Waals surface area contributed by atoms with E-state index < -0.39 is 5.91 Å². The van der Waals surface area contributed by atoms with Gasteiger partial charge in [0.05, 0.1) is 7.11 Å². The van der Waals surface area contributed by atoms with E-state index in [4.69, 9.17) is 9.15 Å². The molecule has 0 radical (unpaired) electrons. The first-order chi connectivity index (χ1) is 9.51. The Morgan fingerprint density at radius 1 is 1.20 bits per heavy atom. The van der Waals surface area contributed by atoms with Crippen molar-refractivity contribution in [3.05, 3.63) is 57.6 Å². The van der Waals surface area contributed by atoms with Crippen LogP contribution in [0.3, 0.4) is 0 Å². The molecule has 0 spiro atoms. The van der Waals surface area contributed by atoms with Crippen LogP contribution in [-0.4, -0.2) is 13.0 Å². The summed E-state index contributed by atoms with van der Waals surface area (Å²) in [6.45, 7) is 3.26. The molecule has 2 aromatic rings. The van der Waals surface area contributed by atoms with Crippen LogP contribution in [0.5, 0.6) is 5.75 Å². The molecule has 0 aliphatic rings. The predicted octanol–water partition coefficient (Wildman–Crippen LogP) is 2.52. The maximum atomic E-state index is 12.1. The third-order valence-electron chi connectivity index (χ3n) is 2.82. The van der Waals surface area contributed by atoms with Gasteiger partial charge in [0.1, 0.15) is 22.8 Å². The van der Waals surface area contributed by atoms with Gasteiger partial charge < -0.3 is 14.5 Å². The Bertz CT molecular complexity index is 686. The summed E-state index contributed by atoms with van der Waals surface area (Å²) in [6, 6.07) is 8.14. The van der Waals surface area contributed by atoms with Crippen LogP contribution >= 0.6 is 0 Å². The minimum atomic E-state index is -0.485. The van der Waals surface area contributed by atoms with E-state index in [9.17, 15) is 9.59 Å². The number of anilines is 1. The highest BCUT2D eigenvalue weighted by Crippen LogP contribution is 2.16. The molecule has 0 saturated carbocycles. The maximum Gasteiger partial charge on any atom is 0.263 e. The van der Waals surface area contributed by atoms with E-state index in [2.05, 4.69) is 5.32 Å². The Labute approximate surface area is 116 Å². The highest BCUT2D eigenvalue weighted by molar-refractivity contribution is 6.04. The van der Waals surface area contributed by atoms with Gasteiger partial charge in [-0.3, -0.25) is 9.59 Å². The topological polar surface area (TPSA) is 68.5 Å². The second kappa shape index (κ2) is 5.61. The lowest BCUT2D eigenvalue weighted by Gasteiger charge is -2.07. The van der Waals surface area contributed by atoms with Crippen LogP contribution in [-0.2, 0) is 0 Å². The van der Waals surface area contributed by atoms with Crippen LogP contribution in [0.15, 0.2) is 39.5 Å². The van der Waals surface area contributed by atoms with E-state index in [0.717, 1.165) is 0 Å². The number of carbonyl (C=O) groups is 1. The van der Waals surface area contributed by atoms with Crippen LogP contribution < -0.4 is 15.5 Å². The van der Waals surface area contributed by atoms with Crippen molar-refractivity contribution in [2.24, 2.45) is 0 Å². The molecule has 1 amide bonds. The summed E-state index contributed by atoms with van der Waals surface area (Å²) in [4.78, 5) is 24.0. The predicted molar refractivity (Wildman–Crippen MR) is 75.4 cm³/mol. The Balaban J connectivity index is 2.26. The van der Waals surface area contributed by atoms with E-state index in [1.54, 1.807) is 45.2 Å². The number of hydrogen-bond acceptors (Lipinski definition) is 4. The number of methoxy groups -OCH3 is 1. The first kappa shape index (κ1) is 13.9. The summed E-state index contributed by atoms with van der Waals surface area (Å²) >= 11 is 0. The lowest BCUT2D eigenvalue weighted by atomic mass is 10.2. The molecular formula is C15H15NO4. The molecule has 0 saturated heterocycles. The van der Waals surface area contributed by atoms with Gasteiger partial charge in [-0.25, -0.2) is 0 Å². The molecule has 0 atom stereocenters. The first-order valence-electron chi connectivity index (χ1n) is 6.08. The minimum absolute atomic E-state index is 0.0198. The van der Waals surface area contributed by atoms with Crippen LogP contribution in [0, 0.1) is 13.8 Å². The molecule has 0 bridgehead atoms. The van der Waals surface area contributed by atoms with E-state index in [0.29, 0.717) is 23.0 Å². The fourth-order valence-corrected chi connectivity index (χ4v) is 1.89. The van der Waals surface area contributed by atoms with Gasteiger partial charge >= 0.3 is 0 Å². The molecule has 0 fully saturated rings. The van der Waals surface area contributed by atoms with E-state index in [-0.39, 0.29) is 11.0 Å². The van der Waals surface area contributed by atoms with E-state index >= 15 is 0 Å². The summed E-state index contributed by atoms with van der Waals surface area (Å²) in [5.41, 5.74) is 0.249. The van der Waals surface area contributed by atoms with Crippen molar-refractivity contribution in [2.75, 3.05) is 12.4 Å². The van der Waals surface area contributed by atoms with Crippen LogP contribution in [0.2, 0.25) is 0 Å². The Kier molecular flexibility index (Phi) is 3.89. The zero-order valence-corrected chi connectivity index (χ0v) is 11.5. The standard InChI is InChI=1S/C15H15NO4/c1-9-8-13(17)14(10(2)20-9)15(18)16-11-4-6-12(19-3)7-5-11/h4-8H,1-3H3,(H,16,18). The molecule has 1 N–H and O–H groups in total. The van der Waals surface area contributed by atoms with Gasteiger partial charge in [0.2, 0.25) is 0 Å². The second-order valence-corrected chi connectivity index (χ2v) is 4.34. The van der Waals surface area contributed by atoms with Gasteiger partial charge in [0, 0.05) is 11.8 Å². The molecule has 5 heteroatoms. The van der Waals surface area contributed by atoms with Crippen molar-refractivity contribution in [1.29, 1.82) is 0 Å². The number of nitrogens with one attached hydrogen (secondary N) is 1. The lowest BCUT2D eigenvalue weighted by molar-refractivity contribution is 0.102. The molecule has 0 aliphatic heterocycles. The number of rotatable bonds is 3. The van der Waals surface area contributed by atoms with Gasteiger partial charge in [-0.2, -0.15) is 0 Å². The smallest absolute Gasteiger partial charge is 0.263 e. The van der Waals surface area contributed by atoms with Gasteiger partial charge in [-0.1, -0.05) is 0 Å². The molecule has 20 heavy (non-hydrogen) atoms. The highest BCUT2D eigenvalue weighted by atomic mass is 16.5. The quantitative estimate of drug-likeness (QED) is 0.933. The molecule has 104 valence electrons. The number of ether oxygens (including phenoxy) is 1. The number of hydrogen-bond donors (Lipinski definition) is 1. The summed E-state index contributed by atoms with van der Waals surface area (Å²) in [7, 11) is 1.56. The maximum absolute atomic E-state index is 12.1. The van der Waals surface area contributed by atoms with Crippen molar-refractivity contribution in [3.63, 3.8) is 0 Å². The van der Waals surface area contributed by atoms with E-state index in [1.165, 1.54) is 6.07 Å². The summed E-state index contributed by atoms with van der Waals surface area (Å²) in [5.74, 6) is 0.991. The number of carbonyl (C=O) groups excluding carboxylic acids is 1. The minimum Gasteiger partial charge on any atom is -0.497 e. The number of benzene rings is 1.